The van der Waals surface area contributed by atoms with Crippen LogP contribution in [-0.4, -0.2) is 17.3 Å². The molecule has 0 bridgehead atoms. The van der Waals surface area contributed by atoms with E-state index in [4.69, 9.17) is 33.9 Å². The Morgan fingerprint density at radius 1 is 1.55 bits per heavy atom. The van der Waals surface area contributed by atoms with Crippen molar-refractivity contribution in [2.75, 3.05) is 0 Å². The quantitative estimate of drug-likeness (QED) is 0.531. The molecule has 0 aliphatic carbocycles. The van der Waals surface area contributed by atoms with Crippen molar-refractivity contribution in [2.24, 2.45) is 0 Å². The van der Waals surface area contributed by atoms with Gasteiger partial charge in [-0.3, -0.25) is 0 Å². The van der Waals surface area contributed by atoms with Crippen LogP contribution in [0, 0.1) is 0 Å². The highest BCUT2D eigenvalue weighted by Crippen LogP contribution is 2.48. The first-order valence-electron chi connectivity index (χ1n) is 2.49. The van der Waals surface area contributed by atoms with Crippen molar-refractivity contribution < 1.29 is 8.42 Å². The first-order chi connectivity index (χ1) is 4.88. The van der Waals surface area contributed by atoms with Gasteiger partial charge in [-0.25, -0.2) is 8.42 Å². The number of alkyl halides is 2. The summed E-state index contributed by atoms with van der Waals surface area (Å²) < 4.78 is 20.1. The van der Waals surface area contributed by atoms with Crippen molar-refractivity contribution in [1.29, 1.82) is 0 Å². The Balaban J connectivity index is 3.04. The van der Waals surface area contributed by atoms with E-state index in [0.29, 0.717) is 0 Å². The second-order valence-electron chi connectivity index (χ2n) is 1.87. The predicted octanol–water partition coefficient (Wildman–Crippen LogP) is 2.32. The molecule has 0 aromatic rings. The fourth-order valence-corrected chi connectivity index (χ4v) is 3.82. The van der Waals surface area contributed by atoms with Gasteiger partial charge in [-0.2, -0.15) is 0 Å². The van der Waals surface area contributed by atoms with Crippen LogP contribution in [0.5, 0.6) is 0 Å². The molecule has 7 heteroatoms. The summed E-state index contributed by atoms with van der Waals surface area (Å²) in [4.78, 5) is 0. The summed E-state index contributed by atoms with van der Waals surface area (Å²) in [6, 6.07) is 0. The van der Waals surface area contributed by atoms with Crippen LogP contribution in [0.15, 0.2) is 11.5 Å². The lowest BCUT2D eigenvalue weighted by molar-refractivity contribution is 0.604. The molecule has 1 aliphatic rings. The lowest BCUT2D eigenvalue weighted by Crippen LogP contribution is -2.30. The minimum absolute atomic E-state index is 0.781. The molecule has 2 nitrogen and oxygen atoms in total. The Morgan fingerprint density at radius 2 is 2.09 bits per heavy atom. The molecular weight excluding hydrogens is 251 g/mol. The largest absolute Gasteiger partial charge is 0.264 e. The average Bonchev–Trinajstić information content (AvgIpc) is 2.12. The number of hydrogen-bond donors (Lipinski definition) is 0. The number of allylic oxidation sites excluding steroid dienone is 1. The monoisotopic (exact) mass is 252 g/mol. The lowest BCUT2D eigenvalue weighted by Gasteiger charge is -2.18. The SMILES string of the molecule is O=S(=O)(Cl)C1(Cl)SC=CC1Cl. The zero-order valence-electron chi connectivity index (χ0n) is 5.00. The van der Waals surface area contributed by atoms with Crippen LogP contribution in [0.4, 0.5) is 0 Å². The molecule has 0 saturated heterocycles. The highest BCUT2D eigenvalue weighted by atomic mass is 35.7. The van der Waals surface area contributed by atoms with E-state index in [1.54, 1.807) is 0 Å². The van der Waals surface area contributed by atoms with Gasteiger partial charge in [0.1, 0.15) is 0 Å². The van der Waals surface area contributed by atoms with E-state index in [9.17, 15) is 8.42 Å². The maximum absolute atomic E-state index is 10.9. The van der Waals surface area contributed by atoms with Crippen LogP contribution < -0.4 is 0 Å². The fourth-order valence-electron chi connectivity index (χ4n) is 0.573. The molecular formula is C4H3Cl3O2S2. The van der Waals surface area contributed by atoms with E-state index in [1.807, 2.05) is 0 Å². The van der Waals surface area contributed by atoms with Crippen LogP contribution in [0.2, 0.25) is 0 Å². The summed E-state index contributed by atoms with van der Waals surface area (Å²) in [5.41, 5.74) is 0. The van der Waals surface area contributed by atoms with Gasteiger partial charge in [0, 0.05) is 10.7 Å². The van der Waals surface area contributed by atoms with Gasteiger partial charge in [-0.05, 0) is 5.41 Å². The maximum atomic E-state index is 10.9. The van der Waals surface area contributed by atoms with Gasteiger partial charge >= 0.3 is 0 Å². The molecule has 0 radical (unpaired) electrons. The second-order valence-corrected chi connectivity index (χ2v) is 7.53. The standard InChI is InChI=1S/C4H3Cl3O2S2/c5-3-1-2-10-4(3,6)11(7,8)9/h1-3H. The Hall–Kier alpha value is 0.910. The minimum Gasteiger partial charge on any atom is -0.209 e. The van der Waals surface area contributed by atoms with Crippen molar-refractivity contribution in [3.63, 3.8) is 0 Å². The summed E-state index contributed by atoms with van der Waals surface area (Å²) >= 11 is 12.1. The number of hydrogen-bond acceptors (Lipinski definition) is 3. The Labute approximate surface area is 83.3 Å². The van der Waals surface area contributed by atoms with E-state index in [0.717, 1.165) is 11.8 Å². The van der Waals surface area contributed by atoms with Crippen molar-refractivity contribution in [1.82, 2.24) is 0 Å². The molecule has 0 saturated carbocycles. The van der Waals surface area contributed by atoms with Gasteiger partial charge in [-0.15, -0.1) is 11.6 Å². The molecule has 0 fully saturated rings. The smallest absolute Gasteiger partial charge is 0.209 e. The molecule has 0 N–H and O–H groups in total. The highest BCUT2D eigenvalue weighted by molar-refractivity contribution is 8.28. The van der Waals surface area contributed by atoms with Crippen LogP contribution >= 0.6 is 45.6 Å². The molecule has 0 aromatic carbocycles. The van der Waals surface area contributed by atoms with E-state index in [2.05, 4.69) is 0 Å². The molecule has 11 heavy (non-hydrogen) atoms. The zero-order valence-corrected chi connectivity index (χ0v) is 8.90. The molecule has 1 aliphatic heterocycles. The second kappa shape index (κ2) is 3.00. The molecule has 0 aromatic heterocycles. The minimum atomic E-state index is -3.85. The first kappa shape index (κ1) is 9.99. The van der Waals surface area contributed by atoms with E-state index >= 15 is 0 Å². The summed E-state index contributed by atoms with van der Waals surface area (Å²) in [6.45, 7) is 0. The van der Waals surface area contributed by atoms with E-state index in [1.165, 1.54) is 11.5 Å². The molecule has 2 atom stereocenters. The van der Waals surface area contributed by atoms with Crippen molar-refractivity contribution in [3.8, 4) is 0 Å². The summed E-state index contributed by atoms with van der Waals surface area (Å²) in [5.74, 6) is 0. The highest BCUT2D eigenvalue weighted by Gasteiger charge is 2.49. The molecule has 0 amide bonds. The third-order valence-corrected chi connectivity index (χ3v) is 7.07. The molecule has 2 unspecified atom stereocenters. The third kappa shape index (κ3) is 1.65. The Morgan fingerprint density at radius 3 is 2.27 bits per heavy atom. The molecule has 1 heterocycles. The van der Waals surface area contributed by atoms with Crippen molar-refractivity contribution in [3.05, 3.63) is 11.5 Å². The third-order valence-electron chi connectivity index (χ3n) is 1.14. The zero-order chi connectivity index (χ0) is 8.70. The summed E-state index contributed by atoms with van der Waals surface area (Å²) in [5, 5.41) is 0.738. The van der Waals surface area contributed by atoms with Gasteiger partial charge in [0.15, 0.2) is 0 Å². The number of rotatable bonds is 1. The topological polar surface area (TPSA) is 34.1 Å². The lowest BCUT2D eigenvalue weighted by atomic mass is 10.5. The first-order valence-corrected chi connectivity index (χ1v) is 6.50. The number of thioether (sulfide) groups is 1. The van der Waals surface area contributed by atoms with Crippen molar-refractivity contribution in [2.45, 2.75) is 8.92 Å². The molecule has 64 valence electrons. The van der Waals surface area contributed by atoms with Gasteiger partial charge in [0.25, 0.3) is 9.05 Å². The van der Waals surface area contributed by atoms with Gasteiger partial charge in [-0.1, -0.05) is 29.4 Å². The van der Waals surface area contributed by atoms with Crippen molar-refractivity contribution >= 4 is 54.7 Å². The van der Waals surface area contributed by atoms with Gasteiger partial charge in [0.05, 0.1) is 5.38 Å². The van der Waals surface area contributed by atoms with E-state index < -0.39 is 18.0 Å². The Kier molecular flexibility index (Phi) is 2.72. The summed E-state index contributed by atoms with van der Waals surface area (Å²) in [6.07, 6.45) is 1.49. The summed E-state index contributed by atoms with van der Waals surface area (Å²) in [7, 11) is 1.23. The van der Waals surface area contributed by atoms with Crippen LogP contribution in [0.3, 0.4) is 0 Å². The van der Waals surface area contributed by atoms with Gasteiger partial charge in [0.2, 0.25) is 3.54 Å². The van der Waals surface area contributed by atoms with Crippen LogP contribution in [0.1, 0.15) is 0 Å². The van der Waals surface area contributed by atoms with Crippen LogP contribution in [0.25, 0.3) is 0 Å². The number of halogens is 3. The maximum Gasteiger partial charge on any atom is 0.264 e. The fraction of sp³-hybridized carbons (Fsp3) is 0.500. The van der Waals surface area contributed by atoms with E-state index in [-0.39, 0.29) is 0 Å². The molecule has 1 rings (SSSR count). The van der Waals surface area contributed by atoms with Gasteiger partial charge < -0.3 is 0 Å². The molecule has 0 spiro atoms. The Bertz CT molecular complexity index is 286. The average molecular weight is 254 g/mol. The predicted molar refractivity (Wildman–Crippen MR) is 49.7 cm³/mol. The normalized spacial score (nSPS) is 37.9. The van der Waals surface area contributed by atoms with Crippen LogP contribution in [-0.2, 0) is 9.05 Å².